The molecule has 1 saturated carbocycles. The first-order valence-corrected chi connectivity index (χ1v) is 3.85. The van der Waals surface area contributed by atoms with E-state index in [1.54, 1.807) is 5.48 Å². The predicted octanol–water partition coefficient (Wildman–Crippen LogP) is 0.0109. The van der Waals surface area contributed by atoms with Crippen LogP contribution in [0.3, 0.4) is 0 Å². The van der Waals surface area contributed by atoms with Gasteiger partial charge in [0.15, 0.2) is 0 Å². The van der Waals surface area contributed by atoms with Gasteiger partial charge in [0.2, 0.25) is 5.91 Å². The Balaban J connectivity index is 2.38. The second-order valence-corrected chi connectivity index (χ2v) is 3.27. The van der Waals surface area contributed by atoms with Gasteiger partial charge in [-0.25, -0.2) is 5.48 Å². The van der Waals surface area contributed by atoms with Crippen LogP contribution in [0.4, 0.5) is 0 Å². The van der Waals surface area contributed by atoms with Crippen LogP contribution < -0.4 is 11.2 Å². The summed E-state index contributed by atoms with van der Waals surface area (Å²) >= 11 is 0. The van der Waals surface area contributed by atoms with Crippen molar-refractivity contribution in [2.45, 2.75) is 25.7 Å². The van der Waals surface area contributed by atoms with Crippen LogP contribution in [0.15, 0.2) is 0 Å². The van der Waals surface area contributed by atoms with Crippen LogP contribution in [-0.4, -0.2) is 17.7 Å². The minimum absolute atomic E-state index is 0.00713. The maximum atomic E-state index is 10.8. The van der Waals surface area contributed by atoms with Crippen LogP contribution in [0.1, 0.15) is 25.7 Å². The van der Waals surface area contributed by atoms with E-state index in [4.69, 9.17) is 10.9 Å². The fourth-order valence-corrected chi connectivity index (χ4v) is 1.51. The summed E-state index contributed by atoms with van der Waals surface area (Å²) in [6, 6.07) is 0. The molecule has 1 amide bonds. The van der Waals surface area contributed by atoms with Gasteiger partial charge in [0, 0.05) is 6.42 Å². The highest BCUT2D eigenvalue weighted by Gasteiger charge is 2.37. The molecule has 0 aromatic heterocycles. The number of nitrogens with two attached hydrogens (primary N) is 1. The van der Waals surface area contributed by atoms with Crippen molar-refractivity contribution < 1.29 is 10.0 Å². The Morgan fingerprint density at radius 3 is 2.55 bits per heavy atom. The highest BCUT2D eigenvalue weighted by molar-refractivity contribution is 5.75. The SMILES string of the molecule is NCC1(CC(=O)NO)CCC1. The lowest BCUT2D eigenvalue weighted by Crippen LogP contribution is -2.41. The van der Waals surface area contributed by atoms with Gasteiger partial charge < -0.3 is 5.73 Å². The largest absolute Gasteiger partial charge is 0.330 e. The molecule has 0 atom stereocenters. The van der Waals surface area contributed by atoms with Gasteiger partial charge in [0.25, 0.3) is 0 Å². The first-order valence-electron chi connectivity index (χ1n) is 3.85. The Morgan fingerprint density at radius 2 is 2.27 bits per heavy atom. The highest BCUT2D eigenvalue weighted by atomic mass is 16.5. The molecule has 0 bridgehead atoms. The summed E-state index contributed by atoms with van der Waals surface area (Å²) in [6.07, 6.45) is 3.53. The first-order chi connectivity index (χ1) is 5.22. The average Bonchev–Trinajstić information content (AvgIpc) is 1.96. The lowest BCUT2D eigenvalue weighted by Gasteiger charge is -2.40. The number of carbonyl (C=O) groups excluding carboxylic acids is 1. The van der Waals surface area contributed by atoms with Crippen LogP contribution in [-0.2, 0) is 4.79 Å². The summed E-state index contributed by atoms with van der Waals surface area (Å²) < 4.78 is 0. The maximum absolute atomic E-state index is 10.8. The topological polar surface area (TPSA) is 75.4 Å². The van der Waals surface area contributed by atoms with Crippen molar-refractivity contribution in [1.29, 1.82) is 0 Å². The zero-order valence-electron chi connectivity index (χ0n) is 6.47. The van der Waals surface area contributed by atoms with Crippen LogP contribution in [0.25, 0.3) is 0 Å². The third kappa shape index (κ3) is 1.70. The summed E-state index contributed by atoms with van der Waals surface area (Å²) in [5.41, 5.74) is 7.13. The number of amides is 1. The van der Waals surface area contributed by atoms with Crippen molar-refractivity contribution in [3.8, 4) is 0 Å². The Morgan fingerprint density at radius 1 is 1.64 bits per heavy atom. The lowest BCUT2D eigenvalue weighted by atomic mass is 9.66. The Kier molecular flexibility index (Phi) is 2.46. The van der Waals surface area contributed by atoms with Gasteiger partial charge in [-0.2, -0.15) is 0 Å². The molecule has 1 aliphatic rings. The summed E-state index contributed by atoms with van der Waals surface area (Å²) in [7, 11) is 0. The lowest BCUT2D eigenvalue weighted by molar-refractivity contribution is -0.133. The molecule has 4 N–H and O–H groups in total. The molecule has 11 heavy (non-hydrogen) atoms. The molecule has 0 aliphatic heterocycles. The molecule has 4 heteroatoms. The third-order valence-corrected chi connectivity index (χ3v) is 2.51. The van der Waals surface area contributed by atoms with Crippen molar-refractivity contribution in [3.05, 3.63) is 0 Å². The number of hydroxylamine groups is 1. The fourth-order valence-electron chi connectivity index (χ4n) is 1.51. The molecule has 0 saturated heterocycles. The Labute approximate surface area is 65.7 Å². The molecule has 0 aromatic rings. The maximum Gasteiger partial charge on any atom is 0.243 e. The number of hydrogen-bond acceptors (Lipinski definition) is 3. The normalized spacial score (nSPS) is 20.5. The second-order valence-electron chi connectivity index (χ2n) is 3.27. The monoisotopic (exact) mass is 158 g/mol. The smallest absolute Gasteiger partial charge is 0.243 e. The van der Waals surface area contributed by atoms with Gasteiger partial charge in [-0.05, 0) is 24.8 Å². The van der Waals surface area contributed by atoms with Crippen molar-refractivity contribution in [2.75, 3.05) is 6.54 Å². The summed E-state index contributed by atoms with van der Waals surface area (Å²) in [5.74, 6) is -0.324. The van der Waals surface area contributed by atoms with E-state index in [1.807, 2.05) is 0 Å². The second kappa shape index (κ2) is 3.19. The van der Waals surface area contributed by atoms with Crippen LogP contribution in [0.2, 0.25) is 0 Å². The minimum Gasteiger partial charge on any atom is -0.330 e. The Hall–Kier alpha value is -0.610. The number of rotatable bonds is 3. The summed E-state index contributed by atoms with van der Waals surface area (Å²) in [6.45, 7) is 0.542. The third-order valence-electron chi connectivity index (χ3n) is 2.51. The number of hydrogen-bond donors (Lipinski definition) is 3. The number of nitrogens with one attached hydrogen (secondary N) is 1. The summed E-state index contributed by atoms with van der Waals surface area (Å²) in [5, 5.41) is 8.27. The van der Waals surface area contributed by atoms with Gasteiger partial charge in [0.05, 0.1) is 0 Å². The first kappa shape index (κ1) is 8.49. The van der Waals surface area contributed by atoms with Gasteiger partial charge >= 0.3 is 0 Å². The molecule has 0 heterocycles. The van der Waals surface area contributed by atoms with E-state index < -0.39 is 0 Å². The predicted molar refractivity (Wildman–Crippen MR) is 39.9 cm³/mol. The van der Waals surface area contributed by atoms with E-state index in [2.05, 4.69) is 0 Å². The van der Waals surface area contributed by atoms with E-state index in [0.29, 0.717) is 13.0 Å². The fraction of sp³-hybridized carbons (Fsp3) is 0.857. The number of carbonyl (C=O) groups is 1. The van der Waals surface area contributed by atoms with Gasteiger partial charge in [-0.15, -0.1) is 0 Å². The van der Waals surface area contributed by atoms with E-state index in [0.717, 1.165) is 19.3 Å². The standard InChI is InChI=1S/C7H14N2O2/c8-5-7(2-1-3-7)4-6(10)9-11/h11H,1-5,8H2,(H,9,10). The van der Waals surface area contributed by atoms with Crippen LogP contribution >= 0.6 is 0 Å². The van der Waals surface area contributed by atoms with Crippen LogP contribution in [0, 0.1) is 5.41 Å². The van der Waals surface area contributed by atoms with E-state index in [-0.39, 0.29) is 11.3 Å². The molecule has 0 aromatic carbocycles. The molecule has 0 unspecified atom stereocenters. The molecule has 1 fully saturated rings. The average molecular weight is 158 g/mol. The summed E-state index contributed by atoms with van der Waals surface area (Å²) in [4.78, 5) is 10.8. The molecule has 64 valence electrons. The van der Waals surface area contributed by atoms with Gasteiger partial charge in [-0.1, -0.05) is 6.42 Å². The molecule has 0 spiro atoms. The molecule has 1 aliphatic carbocycles. The quantitative estimate of drug-likeness (QED) is 0.400. The van der Waals surface area contributed by atoms with Crippen LogP contribution in [0.5, 0.6) is 0 Å². The van der Waals surface area contributed by atoms with Gasteiger partial charge in [-0.3, -0.25) is 10.0 Å². The zero-order valence-corrected chi connectivity index (χ0v) is 6.47. The van der Waals surface area contributed by atoms with Crippen molar-refractivity contribution in [2.24, 2.45) is 11.1 Å². The minimum atomic E-state index is -0.324. The van der Waals surface area contributed by atoms with Gasteiger partial charge in [0.1, 0.15) is 0 Å². The van der Waals surface area contributed by atoms with Crippen molar-refractivity contribution >= 4 is 5.91 Å². The highest BCUT2D eigenvalue weighted by Crippen LogP contribution is 2.42. The molecule has 4 nitrogen and oxygen atoms in total. The van der Waals surface area contributed by atoms with Crippen molar-refractivity contribution in [3.63, 3.8) is 0 Å². The zero-order chi connectivity index (χ0) is 8.32. The van der Waals surface area contributed by atoms with E-state index >= 15 is 0 Å². The molecule has 1 rings (SSSR count). The molecular formula is C7H14N2O2. The Bertz CT molecular complexity index is 149. The van der Waals surface area contributed by atoms with E-state index in [9.17, 15) is 4.79 Å². The van der Waals surface area contributed by atoms with Crippen molar-refractivity contribution in [1.82, 2.24) is 5.48 Å². The molecular weight excluding hydrogens is 144 g/mol. The molecule has 0 radical (unpaired) electrons. The van der Waals surface area contributed by atoms with E-state index in [1.165, 1.54) is 0 Å².